The van der Waals surface area contributed by atoms with Crippen LogP contribution in [0.3, 0.4) is 0 Å². The number of halogens is 2. The van der Waals surface area contributed by atoms with Crippen LogP contribution in [0.1, 0.15) is 31.9 Å². The summed E-state index contributed by atoms with van der Waals surface area (Å²) in [7, 11) is -4.03. The lowest BCUT2D eigenvalue weighted by molar-refractivity contribution is -0.139. The summed E-state index contributed by atoms with van der Waals surface area (Å²) < 4.78 is 52.8. The summed E-state index contributed by atoms with van der Waals surface area (Å²) in [6, 6.07) is 9.02. The fraction of sp³-hybridized carbons (Fsp3) is 0.417. The van der Waals surface area contributed by atoms with E-state index in [2.05, 4.69) is 5.32 Å². The van der Waals surface area contributed by atoms with Crippen LogP contribution in [0.4, 0.5) is 14.5 Å². The van der Waals surface area contributed by atoms with Gasteiger partial charge in [-0.05, 0) is 43.0 Å². The molecule has 1 atom stereocenters. The van der Waals surface area contributed by atoms with Crippen molar-refractivity contribution in [2.45, 2.75) is 40.3 Å². The van der Waals surface area contributed by atoms with Gasteiger partial charge in [0, 0.05) is 19.2 Å². The van der Waals surface area contributed by atoms with Crippen molar-refractivity contribution in [2.24, 2.45) is 5.92 Å². The molecule has 0 fully saturated rings. The first kappa shape index (κ1) is 27.2. The number of rotatable bonds is 10. The van der Waals surface area contributed by atoms with Gasteiger partial charge in [-0.15, -0.1) is 0 Å². The summed E-state index contributed by atoms with van der Waals surface area (Å²) in [6.45, 7) is 7.11. The van der Waals surface area contributed by atoms with E-state index in [-0.39, 0.29) is 24.1 Å². The van der Waals surface area contributed by atoms with Crippen molar-refractivity contribution in [3.63, 3.8) is 0 Å². The standard InChI is InChI=1S/C24H31F2N3O4S/c1-16(2)13-27-24(31)18(4)28(14-19-9-7-6-8-17(19)3)23(30)15-29(34(5,32)33)20-10-11-21(25)22(26)12-20/h6-12,16,18H,13-15H2,1-5H3,(H,27,31). The van der Waals surface area contributed by atoms with Crippen LogP contribution in [0.2, 0.25) is 0 Å². The second kappa shape index (κ2) is 11.4. The third-order valence-electron chi connectivity index (χ3n) is 5.32. The Morgan fingerprint density at radius 1 is 1.03 bits per heavy atom. The Balaban J connectivity index is 2.40. The molecule has 34 heavy (non-hydrogen) atoms. The molecule has 2 amide bonds. The van der Waals surface area contributed by atoms with Gasteiger partial charge >= 0.3 is 0 Å². The summed E-state index contributed by atoms with van der Waals surface area (Å²) in [6.07, 6.45) is 0.867. The van der Waals surface area contributed by atoms with Gasteiger partial charge in [0.2, 0.25) is 21.8 Å². The van der Waals surface area contributed by atoms with Crippen molar-refractivity contribution >= 4 is 27.5 Å². The van der Waals surface area contributed by atoms with E-state index in [0.717, 1.165) is 29.5 Å². The zero-order valence-corrected chi connectivity index (χ0v) is 20.8. The van der Waals surface area contributed by atoms with Crippen LogP contribution in [0.5, 0.6) is 0 Å². The number of anilines is 1. The Hall–Kier alpha value is -3.01. The lowest BCUT2D eigenvalue weighted by Gasteiger charge is -2.32. The maximum Gasteiger partial charge on any atom is 0.244 e. The van der Waals surface area contributed by atoms with Gasteiger partial charge in [-0.25, -0.2) is 17.2 Å². The summed E-state index contributed by atoms with van der Waals surface area (Å²) in [5, 5.41) is 2.79. The number of benzene rings is 2. The average molecular weight is 496 g/mol. The quantitative estimate of drug-likeness (QED) is 0.548. The minimum Gasteiger partial charge on any atom is -0.354 e. The Morgan fingerprint density at radius 3 is 2.24 bits per heavy atom. The lowest BCUT2D eigenvalue weighted by atomic mass is 10.1. The van der Waals surface area contributed by atoms with Crippen molar-refractivity contribution < 1.29 is 26.8 Å². The van der Waals surface area contributed by atoms with Gasteiger partial charge in [0.25, 0.3) is 0 Å². The van der Waals surface area contributed by atoms with Gasteiger partial charge in [-0.3, -0.25) is 13.9 Å². The Kier molecular flexibility index (Phi) is 9.14. The van der Waals surface area contributed by atoms with Crippen molar-refractivity contribution in [2.75, 3.05) is 23.7 Å². The van der Waals surface area contributed by atoms with Crippen LogP contribution < -0.4 is 9.62 Å². The van der Waals surface area contributed by atoms with E-state index in [1.165, 1.54) is 4.90 Å². The van der Waals surface area contributed by atoms with E-state index in [0.29, 0.717) is 16.9 Å². The second-order valence-electron chi connectivity index (χ2n) is 8.63. The highest BCUT2D eigenvalue weighted by Gasteiger charge is 2.30. The van der Waals surface area contributed by atoms with E-state index < -0.39 is 40.2 Å². The van der Waals surface area contributed by atoms with E-state index in [9.17, 15) is 26.8 Å². The van der Waals surface area contributed by atoms with Gasteiger partial charge in [-0.2, -0.15) is 0 Å². The first-order valence-electron chi connectivity index (χ1n) is 10.9. The number of carbonyl (C=O) groups excluding carboxylic acids is 2. The third kappa shape index (κ3) is 7.24. The van der Waals surface area contributed by atoms with Crippen LogP contribution >= 0.6 is 0 Å². The molecule has 0 aliphatic carbocycles. The molecule has 0 saturated heterocycles. The zero-order chi connectivity index (χ0) is 25.6. The fourth-order valence-electron chi connectivity index (χ4n) is 3.26. The Bertz CT molecular complexity index is 1140. The van der Waals surface area contributed by atoms with E-state index >= 15 is 0 Å². The molecule has 2 aromatic rings. The molecule has 10 heteroatoms. The van der Waals surface area contributed by atoms with Gasteiger partial charge in [0.1, 0.15) is 12.6 Å². The molecule has 2 rings (SSSR count). The minimum absolute atomic E-state index is 0.0666. The second-order valence-corrected chi connectivity index (χ2v) is 10.5. The van der Waals surface area contributed by atoms with Crippen molar-refractivity contribution in [1.82, 2.24) is 10.2 Å². The topological polar surface area (TPSA) is 86.8 Å². The molecule has 0 saturated carbocycles. The summed E-state index contributed by atoms with van der Waals surface area (Å²) in [5.74, 6) is -3.22. The highest BCUT2D eigenvalue weighted by molar-refractivity contribution is 7.92. The van der Waals surface area contributed by atoms with Crippen molar-refractivity contribution in [3.8, 4) is 0 Å². The SMILES string of the molecule is Cc1ccccc1CN(C(=O)CN(c1ccc(F)c(F)c1)S(C)(=O)=O)C(C)C(=O)NCC(C)C. The highest BCUT2D eigenvalue weighted by Crippen LogP contribution is 2.22. The Morgan fingerprint density at radius 2 is 1.68 bits per heavy atom. The van der Waals surface area contributed by atoms with Crippen molar-refractivity contribution in [1.29, 1.82) is 0 Å². The molecule has 0 radical (unpaired) electrons. The van der Waals surface area contributed by atoms with Gasteiger partial charge < -0.3 is 10.2 Å². The molecule has 0 heterocycles. The first-order chi connectivity index (χ1) is 15.8. The molecule has 7 nitrogen and oxygen atoms in total. The molecule has 0 aliphatic rings. The van der Waals surface area contributed by atoms with E-state index in [1.54, 1.807) is 13.0 Å². The predicted octanol–water partition coefficient (Wildman–Crippen LogP) is 3.23. The maximum absolute atomic E-state index is 13.8. The van der Waals surface area contributed by atoms with Crippen LogP contribution in [0.25, 0.3) is 0 Å². The minimum atomic E-state index is -4.03. The monoisotopic (exact) mass is 495 g/mol. The highest BCUT2D eigenvalue weighted by atomic mass is 32.2. The Labute approximate surface area is 199 Å². The molecular formula is C24H31F2N3O4S. The normalized spacial score (nSPS) is 12.4. The number of carbonyl (C=O) groups is 2. The molecule has 0 aliphatic heterocycles. The number of hydrogen-bond donors (Lipinski definition) is 1. The molecule has 186 valence electrons. The molecule has 1 N–H and O–H groups in total. The first-order valence-corrected chi connectivity index (χ1v) is 12.7. The van der Waals surface area contributed by atoms with Crippen LogP contribution in [0.15, 0.2) is 42.5 Å². The summed E-state index contributed by atoms with van der Waals surface area (Å²) >= 11 is 0. The summed E-state index contributed by atoms with van der Waals surface area (Å²) in [5.41, 5.74) is 1.50. The van der Waals surface area contributed by atoms with Crippen molar-refractivity contribution in [3.05, 3.63) is 65.2 Å². The van der Waals surface area contributed by atoms with E-state index in [4.69, 9.17) is 0 Å². The zero-order valence-electron chi connectivity index (χ0n) is 20.0. The summed E-state index contributed by atoms with van der Waals surface area (Å²) in [4.78, 5) is 27.5. The molecule has 2 aromatic carbocycles. The average Bonchev–Trinajstić information content (AvgIpc) is 2.75. The number of nitrogens with one attached hydrogen (secondary N) is 1. The molecular weight excluding hydrogens is 464 g/mol. The number of amides is 2. The predicted molar refractivity (Wildman–Crippen MR) is 128 cm³/mol. The van der Waals surface area contributed by atoms with E-state index in [1.807, 2.05) is 39.0 Å². The maximum atomic E-state index is 13.8. The molecule has 0 aromatic heterocycles. The number of hydrogen-bond acceptors (Lipinski definition) is 4. The fourth-order valence-corrected chi connectivity index (χ4v) is 4.10. The number of sulfonamides is 1. The molecule has 0 spiro atoms. The smallest absolute Gasteiger partial charge is 0.244 e. The van der Waals surface area contributed by atoms with Crippen LogP contribution in [-0.2, 0) is 26.2 Å². The van der Waals surface area contributed by atoms with Crippen LogP contribution in [-0.4, -0.2) is 50.5 Å². The van der Waals surface area contributed by atoms with Gasteiger partial charge in [0.05, 0.1) is 11.9 Å². The lowest BCUT2D eigenvalue weighted by Crippen LogP contribution is -2.51. The van der Waals surface area contributed by atoms with Gasteiger partial charge in [0.15, 0.2) is 11.6 Å². The number of nitrogens with zero attached hydrogens (tertiary/aromatic N) is 2. The molecule has 0 bridgehead atoms. The largest absolute Gasteiger partial charge is 0.354 e. The third-order valence-corrected chi connectivity index (χ3v) is 6.46. The van der Waals surface area contributed by atoms with Crippen LogP contribution in [0, 0.1) is 24.5 Å². The number of aryl methyl sites for hydroxylation is 1. The van der Waals surface area contributed by atoms with Gasteiger partial charge in [-0.1, -0.05) is 38.1 Å². The molecule has 1 unspecified atom stereocenters.